The van der Waals surface area contributed by atoms with Crippen LogP contribution in [-0.2, 0) is 22.1 Å². The first-order valence-electron chi connectivity index (χ1n) is 8.52. The number of rotatable bonds is 3. The Labute approximate surface area is 169 Å². The number of carboxylic acid groups (broad SMARTS) is 1. The van der Waals surface area contributed by atoms with Crippen molar-refractivity contribution in [2.45, 2.75) is 18.4 Å². The molecule has 0 saturated heterocycles. The van der Waals surface area contributed by atoms with Crippen LogP contribution in [0.2, 0.25) is 0 Å². The molecule has 1 aromatic carbocycles. The molecule has 1 amide bonds. The normalized spacial score (nSPS) is 20.2. The highest BCUT2D eigenvalue weighted by atomic mass is 19.3. The predicted molar refractivity (Wildman–Crippen MR) is 101 cm³/mol. The minimum Gasteiger partial charge on any atom is -0.483 e. The van der Waals surface area contributed by atoms with Crippen LogP contribution in [0.25, 0.3) is 0 Å². The van der Waals surface area contributed by atoms with Crippen molar-refractivity contribution in [2.75, 3.05) is 18.5 Å². The average Bonchev–Trinajstić information content (AvgIpc) is 3.06. The van der Waals surface area contributed by atoms with Gasteiger partial charge in [0.2, 0.25) is 0 Å². The summed E-state index contributed by atoms with van der Waals surface area (Å²) < 4.78 is 50.0. The number of amides is 1. The number of halogens is 3. The van der Waals surface area contributed by atoms with Crippen LogP contribution >= 0.6 is 0 Å². The van der Waals surface area contributed by atoms with E-state index in [1.165, 1.54) is 16.8 Å². The summed E-state index contributed by atoms with van der Waals surface area (Å²) in [6, 6.07) is 4.86. The van der Waals surface area contributed by atoms with Gasteiger partial charge in [0.15, 0.2) is 11.2 Å². The Morgan fingerprint density at radius 2 is 2.07 bits per heavy atom. The Morgan fingerprint density at radius 1 is 1.40 bits per heavy atom. The van der Waals surface area contributed by atoms with Crippen LogP contribution in [-0.4, -0.2) is 52.2 Å². The summed E-state index contributed by atoms with van der Waals surface area (Å²) in [5.74, 6) is -5.14. The SMILES string of the molecule is Cn1ccc(C(=O)Nc2ccc(F)c(C3(C)N=C(N)COCC3(F)F)c2)n1.O=CO. The van der Waals surface area contributed by atoms with Crippen molar-refractivity contribution in [3.63, 3.8) is 0 Å². The van der Waals surface area contributed by atoms with E-state index in [4.69, 9.17) is 20.4 Å². The Kier molecular flexibility index (Phi) is 6.82. The van der Waals surface area contributed by atoms with Gasteiger partial charge in [-0.2, -0.15) is 5.10 Å². The topological polar surface area (TPSA) is 132 Å². The zero-order chi connectivity index (χ0) is 22.5. The number of hydrogen-bond donors (Lipinski definition) is 3. The van der Waals surface area contributed by atoms with Crippen molar-refractivity contribution in [1.29, 1.82) is 0 Å². The quantitative estimate of drug-likeness (QED) is 0.640. The van der Waals surface area contributed by atoms with Gasteiger partial charge in [0.1, 0.15) is 24.9 Å². The molecule has 1 aromatic heterocycles. The Morgan fingerprint density at radius 3 is 2.67 bits per heavy atom. The average molecular weight is 427 g/mol. The van der Waals surface area contributed by atoms with Gasteiger partial charge in [0.25, 0.3) is 18.3 Å². The second-order valence-electron chi connectivity index (χ2n) is 6.50. The number of anilines is 1. The van der Waals surface area contributed by atoms with E-state index >= 15 is 0 Å². The third-order valence-electron chi connectivity index (χ3n) is 4.31. The van der Waals surface area contributed by atoms with Crippen LogP contribution in [0.4, 0.5) is 18.9 Å². The fraction of sp³-hybridized carbons (Fsp3) is 0.333. The second-order valence-corrected chi connectivity index (χ2v) is 6.50. The lowest BCUT2D eigenvalue weighted by molar-refractivity contribution is -0.122. The van der Waals surface area contributed by atoms with E-state index in [1.54, 1.807) is 13.2 Å². The molecule has 2 heterocycles. The van der Waals surface area contributed by atoms with Crippen molar-refractivity contribution in [3.8, 4) is 0 Å². The maximum atomic E-state index is 14.7. The Hall–Kier alpha value is -3.41. The summed E-state index contributed by atoms with van der Waals surface area (Å²) in [5.41, 5.74) is 3.17. The van der Waals surface area contributed by atoms with Crippen molar-refractivity contribution >= 4 is 23.9 Å². The molecule has 0 saturated carbocycles. The van der Waals surface area contributed by atoms with E-state index in [0.29, 0.717) is 0 Å². The number of amidine groups is 1. The smallest absolute Gasteiger partial charge is 0.299 e. The van der Waals surface area contributed by atoms with Crippen LogP contribution in [0, 0.1) is 5.82 Å². The number of aliphatic imine (C=N–C) groups is 1. The Bertz CT molecular complexity index is 963. The number of carbonyl (C=O) groups is 2. The molecule has 2 aromatic rings. The molecular weight excluding hydrogens is 407 g/mol. The number of aryl methyl sites for hydroxylation is 1. The first-order valence-corrected chi connectivity index (χ1v) is 8.52. The van der Waals surface area contributed by atoms with Gasteiger partial charge in [0.05, 0.1) is 0 Å². The van der Waals surface area contributed by atoms with Crippen LogP contribution in [0.5, 0.6) is 0 Å². The monoisotopic (exact) mass is 427 g/mol. The number of hydrogen-bond acceptors (Lipinski definition) is 6. The predicted octanol–water partition coefficient (Wildman–Crippen LogP) is 1.75. The van der Waals surface area contributed by atoms with Crippen molar-refractivity contribution in [1.82, 2.24) is 9.78 Å². The highest BCUT2D eigenvalue weighted by Gasteiger charge is 2.54. The van der Waals surface area contributed by atoms with E-state index in [9.17, 15) is 18.0 Å². The molecule has 1 atom stereocenters. The number of nitrogens with one attached hydrogen (secondary N) is 1. The first kappa shape index (κ1) is 22.9. The van der Waals surface area contributed by atoms with Gasteiger partial charge in [-0.1, -0.05) is 0 Å². The molecule has 162 valence electrons. The van der Waals surface area contributed by atoms with Crippen LogP contribution in [0.15, 0.2) is 35.5 Å². The standard InChI is InChI=1S/C17H18F3N5O2.CH2O2/c1-16(17(19,20)9-27-8-14(21)23-16)11-7-10(3-4-12(11)18)22-15(26)13-5-6-25(2)24-13;2-1-3/h3-7H,8-9H2,1-2H3,(H2,21,23)(H,22,26);1H,(H,2,3). The molecule has 1 unspecified atom stereocenters. The fourth-order valence-electron chi connectivity index (χ4n) is 2.79. The molecule has 0 fully saturated rings. The van der Waals surface area contributed by atoms with Gasteiger partial charge >= 0.3 is 0 Å². The number of aromatic nitrogens is 2. The first-order chi connectivity index (χ1) is 14.0. The molecule has 1 aliphatic rings. The largest absolute Gasteiger partial charge is 0.483 e. The lowest BCUT2D eigenvalue weighted by Gasteiger charge is -2.33. The van der Waals surface area contributed by atoms with E-state index in [-0.39, 0.29) is 30.3 Å². The lowest BCUT2D eigenvalue weighted by atomic mass is 9.85. The molecule has 4 N–H and O–H groups in total. The molecule has 0 radical (unpaired) electrons. The number of nitrogens with two attached hydrogens (primary N) is 1. The lowest BCUT2D eigenvalue weighted by Crippen LogP contribution is -2.45. The summed E-state index contributed by atoms with van der Waals surface area (Å²) in [7, 11) is 1.65. The highest BCUT2D eigenvalue weighted by molar-refractivity contribution is 6.02. The fourth-order valence-corrected chi connectivity index (χ4v) is 2.79. The van der Waals surface area contributed by atoms with Crippen molar-refractivity contribution < 1.29 is 32.6 Å². The number of nitrogens with zero attached hydrogens (tertiary/aromatic N) is 3. The van der Waals surface area contributed by atoms with E-state index in [2.05, 4.69) is 15.4 Å². The molecule has 0 spiro atoms. The molecule has 9 nitrogen and oxygen atoms in total. The van der Waals surface area contributed by atoms with Gasteiger partial charge in [-0.3, -0.25) is 19.3 Å². The summed E-state index contributed by atoms with van der Waals surface area (Å²) >= 11 is 0. The minimum atomic E-state index is -3.52. The molecular formula is C18H20F3N5O4. The van der Waals surface area contributed by atoms with Crippen LogP contribution < -0.4 is 11.1 Å². The van der Waals surface area contributed by atoms with Gasteiger partial charge in [-0.25, -0.2) is 13.2 Å². The maximum absolute atomic E-state index is 14.7. The second kappa shape index (κ2) is 8.95. The third-order valence-corrected chi connectivity index (χ3v) is 4.31. The van der Waals surface area contributed by atoms with E-state index in [0.717, 1.165) is 19.1 Å². The summed E-state index contributed by atoms with van der Waals surface area (Å²) in [5, 5.41) is 13.4. The van der Waals surface area contributed by atoms with Crippen LogP contribution in [0.1, 0.15) is 23.0 Å². The maximum Gasteiger partial charge on any atom is 0.299 e. The molecule has 3 rings (SSSR count). The number of ether oxygens (including phenoxy) is 1. The van der Waals surface area contributed by atoms with E-state index < -0.39 is 35.4 Å². The molecule has 0 aliphatic carbocycles. The summed E-state index contributed by atoms with van der Waals surface area (Å²) in [6.07, 6.45) is 1.58. The zero-order valence-electron chi connectivity index (χ0n) is 16.1. The molecule has 1 aliphatic heterocycles. The highest BCUT2D eigenvalue weighted by Crippen LogP contribution is 2.44. The van der Waals surface area contributed by atoms with Gasteiger partial charge in [0, 0.05) is 24.5 Å². The summed E-state index contributed by atoms with van der Waals surface area (Å²) in [6.45, 7) is -0.405. The molecule has 30 heavy (non-hydrogen) atoms. The summed E-state index contributed by atoms with van der Waals surface area (Å²) in [4.78, 5) is 24.4. The minimum absolute atomic E-state index is 0.123. The van der Waals surface area contributed by atoms with Gasteiger partial charge < -0.3 is 20.9 Å². The Balaban J connectivity index is 0.00000101. The van der Waals surface area contributed by atoms with Gasteiger partial charge in [-0.05, 0) is 31.2 Å². The van der Waals surface area contributed by atoms with E-state index in [1.807, 2.05) is 0 Å². The number of alkyl halides is 2. The molecule has 0 bridgehead atoms. The third kappa shape index (κ3) is 4.76. The molecule has 12 heteroatoms. The van der Waals surface area contributed by atoms with Gasteiger partial charge in [-0.15, -0.1) is 0 Å². The van der Waals surface area contributed by atoms with Crippen molar-refractivity contribution in [3.05, 3.63) is 47.5 Å². The zero-order valence-corrected chi connectivity index (χ0v) is 16.1. The number of benzene rings is 1. The van der Waals surface area contributed by atoms with Crippen LogP contribution in [0.3, 0.4) is 0 Å². The number of carbonyl (C=O) groups excluding carboxylic acids is 1. The van der Waals surface area contributed by atoms with Crippen molar-refractivity contribution in [2.24, 2.45) is 17.8 Å².